The number of benzene rings is 1. The van der Waals surface area contributed by atoms with E-state index in [9.17, 15) is 4.79 Å². The highest BCUT2D eigenvalue weighted by Crippen LogP contribution is 2.25. The Morgan fingerprint density at radius 1 is 0.963 bits per heavy atom. The number of amides is 1. The van der Waals surface area contributed by atoms with Gasteiger partial charge in [0, 0.05) is 37.4 Å². The summed E-state index contributed by atoms with van der Waals surface area (Å²) in [4.78, 5) is 20.5. The van der Waals surface area contributed by atoms with Crippen LogP contribution >= 0.6 is 0 Å². The van der Waals surface area contributed by atoms with Gasteiger partial charge in [-0.05, 0) is 77.3 Å². The summed E-state index contributed by atoms with van der Waals surface area (Å²) in [5.41, 5.74) is 1.95. The Balaban J connectivity index is 1.38. The summed E-state index contributed by atoms with van der Waals surface area (Å²) >= 11 is 0. The molecule has 148 valence electrons. The fraction of sp³-hybridized carbons (Fsp3) is 0.682. The third-order valence-corrected chi connectivity index (χ3v) is 6.59. The van der Waals surface area contributed by atoms with Crippen LogP contribution in [0.5, 0.6) is 0 Å². The first-order chi connectivity index (χ1) is 13.2. The van der Waals surface area contributed by atoms with Crippen molar-refractivity contribution in [1.29, 1.82) is 0 Å². The molecule has 27 heavy (non-hydrogen) atoms. The van der Waals surface area contributed by atoms with E-state index in [0.717, 1.165) is 37.3 Å². The van der Waals surface area contributed by atoms with Gasteiger partial charge < -0.3 is 15.1 Å². The number of likely N-dealkylation sites (tertiary alicyclic amines) is 2. The minimum absolute atomic E-state index is 0.104. The van der Waals surface area contributed by atoms with Gasteiger partial charge in [-0.1, -0.05) is 12.1 Å². The predicted molar refractivity (Wildman–Crippen MR) is 110 cm³/mol. The van der Waals surface area contributed by atoms with E-state index in [-0.39, 0.29) is 11.9 Å². The van der Waals surface area contributed by atoms with Gasteiger partial charge in [-0.25, -0.2) is 0 Å². The minimum atomic E-state index is 0.104. The van der Waals surface area contributed by atoms with Crippen molar-refractivity contribution in [1.82, 2.24) is 15.1 Å². The molecular weight excluding hydrogens is 336 g/mol. The molecule has 0 aromatic heterocycles. The lowest BCUT2D eigenvalue weighted by molar-refractivity contribution is 0.0766. The van der Waals surface area contributed by atoms with Gasteiger partial charge in [0.15, 0.2) is 0 Å². The van der Waals surface area contributed by atoms with E-state index in [0.29, 0.717) is 6.04 Å². The smallest absolute Gasteiger partial charge is 0.253 e. The second kappa shape index (κ2) is 8.61. The van der Waals surface area contributed by atoms with Crippen LogP contribution < -0.4 is 10.2 Å². The van der Waals surface area contributed by atoms with Crippen molar-refractivity contribution < 1.29 is 4.79 Å². The van der Waals surface area contributed by atoms with Crippen molar-refractivity contribution in [3.05, 3.63) is 29.8 Å². The van der Waals surface area contributed by atoms with E-state index >= 15 is 0 Å². The molecule has 1 amide bonds. The van der Waals surface area contributed by atoms with Crippen LogP contribution in [0.15, 0.2) is 24.3 Å². The average molecular weight is 371 g/mol. The Morgan fingerprint density at radius 2 is 1.70 bits per heavy atom. The maximum absolute atomic E-state index is 13.1. The highest BCUT2D eigenvalue weighted by atomic mass is 16.1. The van der Waals surface area contributed by atoms with Gasteiger partial charge in [0.2, 0.25) is 0 Å². The molecule has 1 aromatic rings. The van der Waals surface area contributed by atoms with E-state index in [2.05, 4.69) is 33.1 Å². The third kappa shape index (κ3) is 4.46. The number of hydrogen-bond donors (Lipinski definition) is 1. The summed E-state index contributed by atoms with van der Waals surface area (Å²) in [5.74, 6) is 0.104. The molecule has 0 bridgehead atoms. The van der Waals surface area contributed by atoms with Crippen LogP contribution in [-0.4, -0.2) is 74.1 Å². The van der Waals surface area contributed by atoms with E-state index in [1.807, 2.05) is 18.2 Å². The highest BCUT2D eigenvalue weighted by Gasteiger charge is 2.29. The molecule has 4 rings (SSSR count). The first-order valence-electron chi connectivity index (χ1n) is 10.8. The molecule has 5 nitrogen and oxygen atoms in total. The topological polar surface area (TPSA) is 38.8 Å². The first kappa shape index (κ1) is 18.8. The van der Waals surface area contributed by atoms with Gasteiger partial charge in [0.05, 0.1) is 5.56 Å². The Kier molecular flexibility index (Phi) is 5.98. The lowest BCUT2D eigenvalue weighted by Gasteiger charge is -2.41. The minimum Gasteiger partial charge on any atom is -0.371 e. The third-order valence-electron chi connectivity index (χ3n) is 6.59. The molecule has 3 heterocycles. The van der Waals surface area contributed by atoms with E-state index in [1.54, 1.807) is 0 Å². The van der Waals surface area contributed by atoms with Crippen LogP contribution in [0, 0.1) is 0 Å². The second-order valence-electron chi connectivity index (χ2n) is 8.55. The molecule has 3 aliphatic heterocycles. The number of piperidine rings is 2. The number of para-hydroxylation sites is 1. The molecule has 0 aliphatic carbocycles. The standard InChI is InChI=1S/C22H34N4O/c1-24-15-10-19(11-16-24)26-14-6-7-18(17-26)23-22(27)20-8-2-3-9-21(20)25-12-4-5-13-25/h2-3,8-9,18-19H,4-7,10-17H2,1H3,(H,23,27)/t18-/m0/s1. The highest BCUT2D eigenvalue weighted by molar-refractivity contribution is 6.00. The number of hydrogen-bond acceptors (Lipinski definition) is 4. The number of nitrogens with one attached hydrogen (secondary N) is 1. The Hall–Kier alpha value is -1.59. The quantitative estimate of drug-likeness (QED) is 0.884. The molecule has 5 heteroatoms. The molecule has 3 aliphatic rings. The van der Waals surface area contributed by atoms with Crippen LogP contribution in [-0.2, 0) is 0 Å². The van der Waals surface area contributed by atoms with Gasteiger partial charge in [0.25, 0.3) is 5.91 Å². The largest absolute Gasteiger partial charge is 0.371 e. The SMILES string of the molecule is CN1CCC(N2CCC[C@H](NC(=O)c3ccccc3N3CCCC3)C2)CC1. The lowest BCUT2D eigenvalue weighted by atomic mass is 9.98. The fourth-order valence-electron chi connectivity index (χ4n) is 4.98. The zero-order valence-electron chi connectivity index (χ0n) is 16.7. The molecule has 0 spiro atoms. The summed E-state index contributed by atoms with van der Waals surface area (Å²) in [6.07, 6.45) is 7.25. The number of anilines is 1. The zero-order chi connectivity index (χ0) is 18.6. The van der Waals surface area contributed by atoms with Crippen molar-refractivity contribution in [3.63, 3.8) is 0 Å². The van der Waals surface area contributed by atoms with Gasteiger partial charge in [-0.15, -0.1) is 0 Å². The molecule has 1 atom stereocenters. The van der Waals surface area contributed by atoms with Crippen molar-refractivity contribution in [2.45, 2.75) is 50.6 Å². The summed E-state index contributed by atoms with van der Waals surface area (Å²) in [7, 11) is 2.22. The second-order valence-corrected chi connectivity index (χ2v) is 8.55. The molecule has 0 unspecified atom stereocenters. The van der Waals surface area contributed by atoms with Crippen LogP contribution in [0.4, 0.5) is 5.69 Å². The Bertz CT molecular complexity index is 635. The van der Waals surface area contributed by atoms with Gasteiger partial charge in [0.1, 0.15) is 0 Å². The van der Waals surface area contributed by atoms with Crippen molar-refractivity contribution in [3.8, 4) is 0 Å². The predicted octanol–water partition coefficient (Wildman–Crippen LogP) is 2.58. The molecule has 1 aromatic carbocycles. The molecule has 3 fully saturated rings. The van der Waals surface area contributed by atoms with E-state index in [4.69, 9.17) is 0 Å². The Morgan fingerprint density at radius 3 is 2.48 bits per heavy atom. The molecule has 0 radical (unpaired) electrons. The summed E-state index contributed by atoms with van der Waals surface area (Å²) < 4.78 is 0. The average Bonchev–Trinajstić information content (AvgIpc) is 3.23. The summed E-state index contributed by atoms with van der Waals surface area (Å²) in [5, 5.41) is 3.36. The maximum atomic E-state index is 13.1. The molecule has 3 saturated heterocycles. The number of carbonyl (C=O) groups is 1. The van der Waals surface area contributed by atoms with Crippen LogP contribution in [0.1, 0.15) is 48.9 Å². The number of nitrogens with zero attached hydrogens (tertiary/aromatic N) is 3. The van der Waals surface area contributed by atoms with Crippen molar-refractivity contribution >= 4 is 11.6 Å². The monoisotopic (exact) mass is 370 g/mol. The van der Waals surface area contributed by atoms with Crippen molar-refractivity contribution in [2.24, 2.45) is 0 Å². The summed E-state index contributed by atoms with van der Waals surface area (Å²) in [6.45, 7) is 6.72. The van der Waals surface area contributed by atoms with Crippen LogP contribution in [0.2, 0.25) is 0 Å². The van der Waals surface area contributed by atoms with Crippen LogP contribution in [0.25, 0.3) is 0 Å². The van der Waals surface area contributed by atoms with Gasteiger partial charge >= 0.3 is 0 Å². The van der Waals surface area contributed by atoms with Crippen LogP contribution in [0.3, 0.4) is 0 Å². The summed E-state index contributed by atoms with van der Waals surface area (Å²) in [6, 6.07) is 9.09. The number of carbonyl (C=O) groups excluding carboxylic acids is 1. The lowest BCUT2D eigenvalue weighted by Crippen LogP contribution is -2.53. The van der Waals surface area contributed by atoms with E-state index in [1.165, 1.54) is 51.7 Å². The maximum Gasteiger partial charge on any atom is 0.253 e. The van der Waals surface area contributed by atoms with Crippen molar-refractivity contribution in [2.75, 3.05) is 51.2 Å². The fourth-order valence-corrected chi connectivity index (χ4v) is 4.98. The number of rotatable bonds is 4. The van der Waals surface area contributed by atoms with Gasteiger partial charge in [-0.3, -0.25) is 9.69 Å². The normalized spacial score (nSPS) is 25.7. The molecule has 1 N–H and O–H groups in total. The van der Waals surface area contributed by atoms with E-state index < -0.39 is 0 Å². The molecular formula is C22H34N4O. The zero-order valence-corrected chi connectivity index (χ0v) is 16.7. The van der Waals surface area contributed by atoms with Gasteiger partial charge in [-0.2, -0.15) is 0 Å². The Labute approximate surface area is 163 Å². The first-order valence-corrected chi connectivity index (χ1v) is 10.8. The molecule has 0 saturated carbocycles.